The van der Waals surface area contributed by atoms with Crippen LogP contribution in [-0.4, -0.2) is 19.1 Å². The number of nitrogens with two attached hydrogens (primary N) is 1. The summed E-state index contributed by atoms with van der Waals surface area (Å²) in [5.74, 6) is -0.410. The van der Waals surface area contributed by atoms with Crippen LogP contribution < -0.4 is 5.73 Å². The predicted molar refractivity (Wildman–Crippen MR) is 59.9 cm³/mol. The highest BCUT2D eigenvalue weighted by molar-refractivity contribution is 6.31. The van der Waals surface area contributed by atoms with Gasteiger partial charge in [-0.1, -0.05) is 23.7 Å². The van der Waals surface area contributed by atoms with Crippen molar-refractivity contribution in [1.82, 2.24) is 0 Å². The summed E-state index contributed by atoms with van der Waals surface area (Å²) in [6.45, 7) is 1.92. The highest BCUT2D eigenvalue weighted by Crippen LogP contribution is 2.17. The van der Waals surface area contributed by atoms with Crippen LogP contribution in [-0.2, 0) is 16.0 Å². The molecule has 0 saturated carbocycles. The Balaban J connectivity index is 2.73. The average molecular weight is 228 g/mol. The zero-order chi connectivity index (χ0) is 11.4. The van der Waals surface area contributed by atoms with Crippen LogP contribution in [0.25, 0.3) is 0 Å². The van der Waals surface area contributed by atoms with Crippen LogP contribution in [0, 0.1) is 6.92 Å². The summed E-state index contributed by atoms with van der Waals surface area (Å²) >= 11 is 5.95. The fourth-order valence-electron chi connectivity index (χ4n) is 1.25. The van der Waals surface area contributed by atoms with Crippen LogP contribution in [0.3, 0.4) is 0 Å². The van der Waals surface area contributed by atoms with Gasteiger partial charge in [-0.3, -0.25) is 4.79 Å². The molecule has 0 spiro atoms. The third kappa shape index (κ3) is 3.22. The monoisotopic (exact) mass is 227 g/mol. The van der Waals surface area contributed by atoms with E-state index in [0.29, 0.717) is 11.4 Å². The zero-order valence-electron chi connectivity index (χ0n) is 8.79. The molecule has 0 bridgehead atoms. The molecule has 0 aliphatic rings. The molecule has 2 N–H and O–H groups in total. The Morgan fingerprint density at radius 3 is 2.80 bits per heavy atom. The summed E-state index contributed by atoms with van der Waals surface area (Å²) in [6.07, 6.45) is 0.437. The second kappa shape index (κ2) is 5.14. The molecule has 0 fully saturated rings. The number of halogens is 1. The van der Waals surface area contributed by atoms with Gasteiger partial charge in [-0.05, 0) is 30.5 Å². The Hall–Kier alpha value is -1.06. The molecule has 15 heavy (non-hydrogen) atoms. The second-order valence-corrected chi connectivity index (χ2v) is 3.82. The molecule has 1 rings (SSSR count). The smallest absolute Gasteiger partial charge is 0.322 e. The van der Waals surface area contributed by atoms with Gasteiger partial charge in [0.1, 0.15) is 6.04 Å². The molecule has 0 saturated heterocycles. The van der Waals surface area contributed by atoms with E-state index in [4.69, 9.17) is 17.3 Å². The number of hydrogen-bond acceptors (Lipinski definition) is 3. The van der Waals surface area contributed by atoms with Gasteiger partial charge in [-0.15, -0.1) is 0 Å². The first-order valence-electron chi connectivity index (χ1n) is 4.63. The molecular weight excluding hydrogens is 214 g/mol. The van der Waals surface area contributed by atoms with Crippen molar-refractivity contribution in [3.05, 3.63) is 34.3 Å². The van der Waals surface area contributed by atoms with Crippen molar-refractivity contribution < 1.29 is 9.53 Å². The lowest BCUT2D eigenvalue weighted by molar-refractivity contribution is -0.142. The molecule has 1 atom stereocenters. The van der Waals surface area contributed by atoms with E-state index in [1.165, 1.54) is 7.11 Å². The molecule has 4 heteroatoms. The number of benzene rings is 1. The predicted octanol–water partition coefficient (Wildman–Crippen LogP) is 1.69. The first kappa shape index (κ1) is 12.0. The fraction of sp³-hybridized carbons (Fsp3) is 0.364. The zero-order valence-corrected chi connectivity index (χ0v) is 9.54. The van der Waals surface area contributed by atoms with Crippen LogP contribution in [0.15, 0.2) is 18.2 Å². The average Bonchev–Trinajstić information content (AvgIpc) is 2.22. The van der Waals surface area contributed by atoms with Crippen molar-refractivity contribution in [1.29, 1.82) is 0 Å². The first-order valence-corrected chi connectivity index (χ1v) is 5.01. The molecule has 0 heterocycles. The minimum Gasteiger partial charge on any atom is -0.468 e. The van der Waals surface area contributed by atoms with E-state index in [2.05, 4.69) is 4.74 Å². The van der Waals surface area contributed by atoms with Crippen LogP contribution in [0.1, 0.15) is 11.1 Å². The Labute approximate surface area is 94.2 Å². The van der Waals surface area contributed by atoms with E-state index >= 15 is 0 Å². The quantitative estimate of drug-likeness (QED) is 0.800. The summed E-state index contributed by atoms with van der Waals surface area (Å²) < 4.78 is 4.54. The van der Waals surface area contributed by atoms with Gasteiger partial charge in [0.15, 0.2) is 0 Å². The van der Waals surface area contributed by atoms with Crippen molar-refractivity contribution in [3.8, 4) is 0 Å². The second-order valence-electron chi connectivity index (χ2n) is 3.42. The molecule has 0 aliphatic carbocycles. The Kier molecular flexibility index (Phi) is 4.12. The van der Waals surface area contributed by atoms with Gasteiger partial charge in [0.05, 0.1) is 7.11 Å². The SMILES string of the molecule is COC(=O)[C@H](N)Cc1ccc(C)c(Cl)c1. The van der Waals surface area contributed by atoms with E-state index in [1.54, 1.807) is 0 Å². The lowest BCUT2D eigenvalue weighted by Crippen LogP contribution is -2.33. The van der Waals surface area contributed by atoms with E-state index in [0.717, 1.165) is 11.1 Å². The highest BCUT2D eigenvalue weighted by Gasteiger charge is 2.14. The molecule has 1 aromatic carbocycles. The maximum atomic E-state index is 11.1. The maximum absolute atomic E-state index is 11.1. The van der Waals surface area contributed by atoms with Gasteiger partial charge < -0.3 is 10.5 Å². The largest absolute Gasteiger partial charge is 0.468 e. The number of aryl methyl sites for hydroxylation is 1. The van der Waals surface area contributed by atoms with E-state index in [1.807, 2.05) is 25.1 Å². The molecule has 1 aromatic rings. The molecule has 0 radical (unpaired) electrons. The standard InChI is InChI=1S/C11H14ClNO2/c1-7-3-4-8(5-9(7)12)6-10(13)11(14)15-2/h3-5,10H,6,13H2,1-2H3/t10-/m1/s1. The van der Waals surface area contributed by atoms with E-state index < -0.39 is 12.0 Å². The van der Waals surface area contributed by atoms with Gasteiger partial charge in [0.25, 0.3) is 0 Å². The van der Waals surface area contributed by atoms with Gasteiger partial charge in [0.2, 0.25) is 0 Å². The number of esters is 1. The number of rotatable bonds is 3. The number of hydrogen-bond donors (Lipinski definition) is 1. The molecule has 82 valence electrons. The van der Waals surface area contributed by atoms with Crippen LogP contribution >= 0.6 is 11.6 Å². The molecule has 0 aliphatic heterocycles. The first-order chi connectivity index (χ1) is 7.04. The van der Waals surface area contributed by atoms with Gasteiger partial charge in [0, 0.05) is 5.02 Å². The van der Waals surface area contributed by atoms with E-state index in [-0.39, 0.29) is 0 Å². The molecule has 0 aromatic heterocycles. The van der Waals surface area contributed by atoms with Crippen molar-refractivity contribution in [2.75, 3.05) is 7.11 Å². The van der Waals surface area contributed by atoms with Crippen molar-refractivity contribution in [3.63, 3.8) is 0 Å². The summed E-state index contributed by atoms with van der Waals surface area (Å²) in [5.41, 5.74) is 7.57. The summed E-state index contributed by atoms with van der Waals surface area (Å²) in [4.78, 5) is 11.1. The Morgan fingerprint density at radius 1 is 1.60 bits per heavy atom. The Morgan fingerprint density at radius 2 is 2.27 bits per heavy atom. The molecule has 3 nitrogen and oxygen atoms in total. The van der Waals surface area contributed by atoms with Gasteiger partial charge in [-0.2, -0.15) is 0 Å². The number of methoxy groups -OCH3 is 1. The fourth-order valence-corrected chi connectivity index (χ4v) is 1.46. The van der Waals surface area contributed by atoms with E-state index in [9.17, 15) is 4.79 Å². The minimum atomic E-state index is -0.631. The third-order valence-corrected chi connectivity index (χ3v) is 2.60. The summed E-state index contributed by atoms with van der Waals surface area (Å²) in [7, 11) is 1.32. The topological polar surface area (TPSA) is 52.3 Å². The molecule has 0 unspecified atom stereocenters. The van der Waals surface area contributed by atoms with Gasteiger partial charge >= 0.3 is 5.97 Å². The number of carbonyl (C=O) groups excluding carboxylic acids is 1. The summed E-state index contributed by atoms with van der Waals surface area (Å²) in [5, 5.41) is 0.685. The van der Waals surface area contributed by atoms with Crippen LogP contribution in [0.2, 0.25) is 5.02 Å². The lowest BCUT2D eigenvalue weighted by atomic mass is 10.1. The van der Waals surface area contributed by atoms with Crippen molar-refractivity contribution >= 4 is 17.6 Å². The minimum absolute atomic E-state index is 0.410. The Bertz CT molecular complexity index is 366. The normalized spacial score (nSPS) is 12.3. The number of carbonyl (C=O) groups is 1. The third-order valence-electron chi connectivity index (χ3n) is 2.20. The van der Waals surface area contributed by atoms with Crippen molar-refractivity contribution in [2.24, 2.45) is 5.73 Å². The lowest BCUT2D eigenvalue weighted by Gasteiger charge is -2.09. The summed E-state index contributed by atoms with van der Waals surface area (Å²) in [6, 6.07) is 5.00. The van der Waals surface area contributed by atoms with Crippen LogP contribution in [0.4, 0.5) is 0 Å². The number of ether oxygens (including phenoxy) is 1. The molecular formula is C11H14ClNO2. The maximum Gasteiger partial charge on any atom is 0.322 e. The van der Waals surface area contributed by atoms with Gasteiger partial charge in [-0.25, -0.2) is 0 Å². The highest BCUT2D eigenvalue weighted by atomic mass is 35.5. The van der Waals surface area contributed by atoms with Crippen molar-refractivity contribution in [2.45, 2.75) is 19.4 Å². The molecule has 0 amide bonds. The van der Waals surface area contributed by atoms with Crippen LogP contribution in [0.5, 0.6) is 0 Å².